The molecule has 0 aliphatic rings. The number of Topliss-reactive ketones (excluding diaryl/α,β-unsaturated/α-hetero) is 1. The Morgan fingerprint density at radius 3 is 1.17 bits per heavy atom. The van der Waals surface area contributed by atoms with Gasteiger partial charge in [-0.1, -0.05) is 149 Å². The summed E-state index contributed by atoms with van der Waals surface area (Å²) in [5, 5.41) is 10.0. The number of carbonyl (C=O) groups excluding carboxylic acids is 1. The van der Waals surface area contributed by atoms with E-state index in [2.05, 4.69) is 13.8 Å². The molecule has 2 nitrogen and oxygen atoms in total. The Labute approximate surface area is 190 Å². The second-order valence-electron chi connectivity index (χ2n) is 9.59. The number of unbranched alkanes of at least 4 members (excludes halogenated alkanes) is 20. The fourth-order valence-corrected chi connectivity index (χ4v) is 4.29. The average Bonchev–Trinajstić information content (AvgIpc) is 2.75. The van der Waals surface area contributed by atoms with Gasteiger partial charge < -0.3 is 5.11 Å². The van der Waals surface area contributed by atoms with Gasteiger partial charge in [0.15, 0.2) is 5.78 Å². The van der Waals surface area contributed by atoms with Gasteiger partial charge in [0.25, 0.3) is 0 Å². The van der Waals surface area contributed by atoms with E-state index in [1.165, 1.54) is 116 Å². The molecule has 1 atom stereocenters. The van der Waals surface area contributed by atoms with E-state index in [1.54, 1.807) is 0 Å². The first-order chi connectivity index (χ1) is 14.7. The second-order valence-corrected chi connectivity index (χ2v) is 9.59. The number of hydrogen-bond acceptors (Lipinski definition) is 2. The Kier molecular flexibility index (Phi) is 24.6. The maximum Gasteiger partial charge on any atom is 0.161 e. The lowest BCUT2D eigenvalue weighted by molar-refractivity contribution is -0.127. The summed E-state index contributed by atoms with van der Waals surface area (Å²) in [5.41, 5.74) is 0. The van der Waals surface area contributed by atoms with Crippen molar-refractivity contribution in [2.75, 3.05) is 0 Å². The van der Waals surface area contributed by atoms with Crippen molar-refractivity contribution < 1.29 is 9.90 Å². The Morgan fingerprint density at radius 1 is 0.500 bits per heavy atom. The van der Waals surface area contributed by atoms with Crippen LogP contribution in [0.4, 0.5) is 0 Å². The third-order valence-corrected chi connectivity index (χ3v) is 6.48. The number of aliphatic hydroxyl groups is 1. The normalized spacial score (nSPS) is 12.4. The van der Waals surface area contributed by atoms with Gasteiger partial charge in [-0.25, -0.2) is 0 Å². The summed E-state index contributed by atoms with van der Waals surface area (Å²) in [4.78, 5) is 12.0. The Morgan fingerprint density at radius 2 is 0.800 bits per heavy atom. The summed E-state index contributed by atoms with van der Waals surface area (Å²) in [6, 6.07) is 0. The van der Waals surface area contributed by atoms with Crippen LogP contribution in [0.1, 0.15) is 168 Å². The predicted octanol–water partition coefficient (Wildman–Crippen LogP) is 9.32. The van der Waals surface area contributed by atoms with Gasteiger partial charge in [-0.05, 0) is 12.8 Å². The molecule has 30 heavy (non-hydrogen) atoms. The number of hydrogen-bond donors (Lipinski definition) is 1. The number of carbonyl (C=O) groups is 1. The van der Waals surface area contributed by atoms with Crippen LogP contribution in [0, 0.1) is 0 Å². The molecule has 0 bridgehead atoms. The van der Waals surface area contributed by atoms with Gasteiger partial charge in [-0.15, -0.1) is 0 Å². The zero-order valence-corrected chi connectivity index (χ0v) is 20.9. The molecule has 0 aromatic carbocycles. The minimum atomic E-state index is -0.702. The smallest absolute Gasteiger partial charge is 0.161 e. The van der Waals surface area contributed by atoms with E-state index in [1.807, 2.05) is 0 Å². The van der Waals surface area contributed by atoms with Crippen molar-refractivity contribution in [3.05, 3.63) is 0 Å². The molecule has 1 unspecified atom stereocenters. The quantitative estimate of drug-likeness (QED) is 0.148. The zero-order valence-electron chi connectivity index (χ0n) is 20.9. The summed E-state index contributed by atoms with van der Waals surface area (Å²) in [6.45, 7) is 4.52. The molecule has 0 heterocycles. The molecule has 0 aliphatic heterocycles. The van der Waals surface area contributed by atoms with Crippen molar-refractivity contribution in [2.45, 2.75) is 174 Å². The third kappa shape index (κ3) is 22.3. The number of aliphatic hydroxyl groups excluding tert-OH is 1. The van der Waals surface area contributed by atoms with E-state index in [0.29, 0.717) is 12.8 Å². The maximum atomic E-state index is 12.0. The minimum Gasteiger partial charge on any atom is -0.385 e. The van der Waals surface area contributed by atoms with Crippen molar-refractivity contribution in [1.82, 2.24) is 0 Å². The summed E-state index contributed by atoms with van der Waals surface area (Å²) in [6.07, 6.45) is 29.3. The summed E-state index contributed by atoms with van der Waals surface area (Å²) in [7, 11) is 0. The maximum absolute atomic E-state index is 12.0. The van der Waals surface area contributed by atoms with Crippen LogP contribution >= 0.6 is 0 Å². The first-order valence-corrected chi connectivity index (χ1v) is 13.9. The molecule has 0 saturated heterocycles. The van der Waals surface area contributed by atoms with Crippen molar-refractivity contribution in [3.63, 3.8) is 0 Å². The molecular weight excluding hydrogens is 368 g/mol. The van der Waals surface area contributed by atoms with Gasteiger partial charge >= 0.3 is 0 Å². The van der Waals surface area contributed by atoms with E-state index >= 15 is 0 Å². The Bertz CT molecular complexity index is 340. The summed E-state index contributed by atoms with van der Waals surface area (Å²) < 4.78 is 0. The highest BCUT2D eigenvalue weighted by Gasteiger charge is 2.13. The Balaban J connectivity index is 3.26. The topological polar surface area (TPSA) is 37.3 Å². The Hall–Kier alpha value is -0.370. The monoisotopic (exact) mass is 424 g/mol. The van der Waals surface area contributed by atoms with Crippen LogP contribution in [0.3, 0.4) is 0 Å². The highest BCUT2D eigenvalue weighted by molar-refractivity contribution is 5.82. The van der Waals surface area contributed by atoms with Crippen LogP contribution in [0.25, 0.3) is 0 Å². The SMILES string of the molecule is CCCCCCCCCCCCCCCCCC(=O)C(O)CCCCCCCCC. The summed E-state index contributed by atoms with van der Waals surface area (Å²) >= 11 is 0. The van der Waals surface area contributed by atoms with E-state index < -0.39 is 6.10 Å². The molecular formula is C28H56O2. The van der Waals surface area contributed by atoms with Crippen molar-refractivity contribution in [1.29, 1.82) is 0 Å². The van der Waals surface area contributed by atoms with Crippen molar-refractivity contribution in [3.8, 4) is 0 Å². The van der Waals surface area contributed by atoms with E-state index in [0.717, 1.165) is 25.7 Å². The van der Waals surface area contributed by atoms with Crippen LogP contribution in [-0.4, -0.2) is 17.0 Å². The average molecular weight is 425 g/mol. The van der Waals surface area contributed by atoms with Crippen LogP contribution in [0.15, 0.2) is 0 Å². The minimum absolute atomic E-state index is 0.0793. The van der Waals surface area contributed by atoms with Gasteiger partial charge in [-0.2, -0.15) is 0 Å². The number of rotatable bonds is 25. The fourth-order valence-electron chi connectivity index (χ4n) is 4.29. The molecule has 0 amide bonds. The molecule has 0 fully saturated rings. The fraction of sp³-hybridized carbons (Fsp3) is 0.964. The molecule has 180 valence electrons. The highest BCUT2D eigenvalue weighted by Crippen LogP contribution is 2.15. The van der Waals surface area contributed by atoms with Crippen LogP contribution in [-0.2, 0) is 4.79 Å². The van der Waals surface area contributed by atoms with E-state index in [9.17, 15) is 9.90 Å². The molecule has 0 spiro atoms. The highest BCUT2D eigenvalue weighted by atomic mass is 16.3. The van der Waals surface area contributed by atoms with Crippen molar-refractivity contribution >= 4 is 5.78 Å². The molecule has 0 aromatic rings. The molecule has 0 saturated carbocycles. The number of ketones is 1. The molecule has 2 heteroatoms. The first kappa shape index (κ1) is 29.6. The molecule has 1 N–H and O–H groups in total. The lowest BCUT2D eigenvalue weighted by Crippen LogP contribution is -2.19. The molecule has 0 aliphatic carbocycles. The second kappa shape index (κ2) is 24.9. The van der Waals surface area contributed by atoms with E-state index in [4.69, 9.17) is 0 Å². The van der Waals surface area contributed by atoms with E-state index in [-0.39, 0.29) is 5.78 Å². The zero-order chi connectivity index (χ0) is 22.1. The summed E-state index contributed by atoms with van der Waals surface area (Å²) in [5.74, 6) is 0.0793. The van der Waals surface area contributed by atoms with Crippen LogP contribution in [0.5, 0.6) is 0 Å². The molecule has 0 rings (SSSR count). The molecule has 0 aromatic heterocycles. The third-order valence-electron chi connectivity index (χ3n) is 6.48. The van der Waals surface area contributed by atoms with Crippen LogP contribution in [0.2, 0.25) is 0 Å². The lowest BCUT2D eigenvalue weighted by atomic mass is 10.0. The van der Waals surface area contributed by atoms with Crippen LogP contribution < -0.4 is 0 Å². The lowest BCUT2D eigenvalue weighted by Gasteiger charge is -2.09. The standard InChI is InChI=1S/C28H56O2/c1-3-5-7-9-11-12-13-14-15-16-17-18-20-22-24-26-28(30)27(29)25-23-21-19-10-8-6-4-2/h27,29H,3-26H2,1-2H3. The first-order valence-electron chi connectivity index (χ1n) is 13.9. The molecule has 0 radical (unpaired) electrons. The van der Waals surface area contributed by atoms with Gasteiger partial charge in [0, 0.05) is 6.42 Å². The van der Waals surface area contributed by atoms with Gasteiger partial charge in [0.1, 0.15) is 6.10 Å². The van der Waals surface area contributed by atoms with Gasteiger partial charge in [0.2, 0.25) is 0 Å². The van der Waals surface area contributed by atoms with Gasteiger partial charge in [-0.3, -0.25) is 4.79 Å². The largest absolute Gasteiger partial charge is 0.385 e. The van der Waals surface area contributed by atoms with Gasteiger partial charge in [0.05, 0.1) is 0 Å². The van der Waals surface area contributed by atoms with Crippen molar-refractivity contribution in [2.24, 2.45) is 0 Å². The predicted molar refractivity (Wildman–Crippen MR) is 133 cm³/mol.